The van der Waals surface area contributed by atoms with Crippen molar-refractivity contribution >= 4 is 17.5 Å². The summed E-state index contributed by atoms with van der Waals surface area (Å²) < 4.78 is 0. The minimum atomic E-state index is -0.0854. The summed E-state index contributed by atoms with van der Waals surface area (Å²) in [6, 6.07) is 7.38. The molecule has 1 aromatic rings. The fourth-order valence-corrected chi connectivity index (χ4v) is 1.65. The molecule has 3 N–H and O–H groups in total. The first kappa shape index (κ1) is 12.0. The number of hydrogen-bond donors (Lipinski definition) is 2. The highest BCUT2D eigenvalue weighted by atomic mass is 35.5. The second kappa shape index (κ2) is 5.73. The Balaban J connectivity index is 2.65. The monoisotopic (exact) mass is 226 g/mol. The van der Waals surface area contributed by atoms with E-state index in [2.05, 4.69) is 5.32 Å². The molecule has 0 saturated heterocycles. The van der Waals surface area contributed by atoms with Crippen LogP contribution in [-0.2, 0) is 4.79 Å². The standard InChI is InChI=1S/C11H15ClN2O/c1-8(14-11(15)6-7-13)9-4-2-3-5-10(9)12/h2-5,8H,6-7,13H2,1H3,(H,14,15)/t8-/m1/s1. The second-order valence-electron chi connectivity index (χ2n) is 3.35. The average molecular weight is 227 g/mol. The lowest BCUT2D eigenvalue weighted by Gasteiger charge is -2.15. The first-order valence-corrected chi connectivity index (χ1v) is 5.26. The lowest BCUT2D eigenvalue weighted by Crippen LogP contribution is -2.28. The Labute approximate surface area is 94.6 Å². The van der Waals surface area contributed by atoms with E-state index in [-0.39, 0.29) is 11.9 Å². The molecule has 4 heteroatoms. The molecule has 3 nitrogen and oxygen atoms in total. The maximum absolute atomic E-state index is 11.3. The van der Waals surface area contributed by atoms with Crippen LogP contribution in [-0.4, -0.2) is 12.5 Å². The van der Waals surface area contributed by atoms with E-state index in [1.54, 1.807) is 0 Å². The summed E-state index contributed by atoms with van der Waals surface area (Å²) in [7, 11) is 0. The van der Waals surface area contributed by atoms with Gasteiger partial charge in [0.2, 0.25) is 5.91 Å². The number of rotatable bonds is 4. The van der Waals surface area contributed by atoms with Crippen LogP contribution >= 0.6 is 11.6 Å². The van der Waals surface area contributed by atoms with Gasteiger partial charge in [-0.25, -0.2) is 0 Å². The molecule has 0 radical (unpaired) electrons. The van der Waals surface area contributed by atoms with Gasteiger partial charge in [-0.3, -0.25) is 4.79 Å². The van der Waals surface area contributed by atoms with E-state index in [4.69, 9.17) is 17.3 Å². The first-order valence-electron chi connectivity index (χ1n) is 4.89. The minimum absolute atomic E-state index is 0.0510. The van der Waals surface area contributed by atoms with Crippen LogP contribution in [0.5, 0.6) is 0 Å². The number of hydrogen-bond acceptors (Lipinski definition) is 2. The summed E-state index contributed by atoms with van der Waals surface area (Å²) >= 11 is 6.00. The van der Waals surface area contributed by atoms with Gasteiger partial charge in [0.05, 0.1) is 6.04 Å². The maximum atomic E-state index is 11.3. The number of nitrogens with one attached hydrogen (secondary N) is 1. The van der Waals surface area contributed by atoms with Crippen molar-refractivity contribution < 1.29 is 4.79 Å². The van der Waals surface area contributed by atoms with E-state index >= 15 is 0 Å². The largest absolute Gasteiger partial charge is 0.349 e. The molecule has 1 rings (SSSR count). The maximum Gasteiger partial charge on any atom is 0.221 e. The van der Waals surface area contributed by atoms with Gasteiger partial charge in [0, 0.05) is 18.0 Å². The minimum Gasteiger partial charge on any atom is -0.349 e. The summed E-state index contributed by atoms with van der Waals surface area (Å²) in [5, 5.41) is 3.50. The third kappa shape index (κ3) is 3.53. The fourth-order valence-electron chi connectivity index (χ4n) is 1.35. The van der Waals surface area contributed by atoms with Crippen molar-refractivity contribution in [2.75, 3.05) is 6.54 Å². The Morgan fingerprint density at radius 2 is 2.20 bits per heavy atom. The Morgan fingerprint density at radius 3 is 2.80 bits per heavy atom. The van der Waals surface area contributed by atoms with Gasteiger partial charge in [0.15, 0.2) is 0 Å². The third-order valence-corrected chi connectivity index (χ3v) is 2.46. The van der Waals surface area contributed by atoms with Crippen molar-refractivity contribution in [2.45, 2.75) is 19.4 Å². The van der Waals surface area contributed by atoms with E-state index < -0.39 is 0 Å². The highest BCUT2D eigenvalue weighted by Crippen LogP contribution is 2.21. The average Bonchev–Trinajstić information content (AvgIpc) is 2.18. The van der Waals surface area contributed by atoms with Gasteiger partial charge in [-0.1, -0.05) is 29.8 Å². The van der Waals surface area contributed by atoms with E-state index in [1.165, 1.54) is 0 Å². The Morgan fingerprint density at radius 1 is 1.53 bits per heavy atom. The fraction of sp³-hybridized carbons (Fsp3) is 0.364. The zero-order valence-electron chi connectivity index (χ0n) is 8.66. The van der Waals surface area contributed by atoms with Gasteiger partial charge in [-0.2, -0.15) is 0 Å². The van der Waals surface area contributed by atoms with Gasteiger partial charge in [0.1, 0.15) is 0 Å². The highest BCUT2D eigenvalue weighted by Gasteiger charge is 2.11. The molecule has 15 heavy (non-hydrogen) atoms. The van der Waals surface area contributed by atoms with Crippen molar-refractivity contribution in [3.63, 3.8) is 0 Å². The van der Waals surface area contributed by atoms with Crippen molar-refractivity contribution in [1.82, 2.24) is 5.32 Å². The van der Waals surface area contributed by atoms with E-state index in [1.807, 2.05) is 31.2 Å². The number of amides is 1. The van der Waals surface area contributed by atoms with Crippen LogP contribution in [0.2, 0.25) is 5.02 Å². The predicted octanol–water partition coefficient (Wildman–Crippen LogP) is 1.87. The van der Waals surface area contributed by atoms with E-state index in [9.17, 15) is 4.79 Å². The lowest BCUT2D eigenvalue weighted by atomic mass is 10.1. The van der Waals surface area contributed by atoms with Crippen LogP contribution in [0, 0.1) is 0 Å². The van der Waals surface area contributed by atoms with Gasteiger partial charge >= 0.3 is 0 Å². The summed E-state index contributed by atoms with van der Waals surface area (Å²) in [5.41, 5.74) is 6.21. The van der Waals surface area contributed by atoms with Crippen molar-refractivity contribution in [3.05, 3.63) is 34.9 Å². The van der Waals surface area contributed by atoms with E-state index in [0.29, 0.717) is 18.0 Å². The summed E-state index contributed by atoms with van der Waals surface area (Å²) in [6.45, 7) is 2.26. The molecule has 0 aliphatic rings. The molecule has 0 spiro atoms. The van der Waals surface area contributed by atoms with E-state index in [0.717, 1.165) is 5.56 Å². The van der Waals surface area contributed by atoms with Crippen molar-refractivity contribution in [3.8, 4) is 0 Å². The topological polar surface area (TPSA) is 55.1 Å². The number of benzene rings is 1. The summed E-state index contributed by atoms with van der Waals surface area (Å²) in [6.07, 6.45) is 0.342. The van der Waals surface area contributed by atoms with Gasteiger partial charge < -0.3 is 11.1 Å². The third-order valence-electron chi connectivity index (χ3n) is 2.12. The SMILES string of the molecule is C[C@@H](NC(=O)CCN)c1ccccc1Cl. The Kier molecular flexibility index (Phi) is 4.59. The smallest absolute Gasteiger partial charge is 0.221 e. The number of nitrogens with two attached hydrogens (primary N) is 1. The van der Waals surface area contributed by atoms with Crippen LogP contribution in [0.4, 0.5) is 0 Å². The molecule has 1 atom stereocenters. The molecule has 0 aliphatic heterocycles. The van der Waals surface area contributed by atoms with Crippen LogP contribution in [0.1, 0.15) is 24.9 Å². The molecule has 82 valence electrons. The first-order chi connectivity index (χ1) is 7.15. The molecule has 0 fully saturated rings. The van der Waals surface area contributed by atoms with Crippen LogP contribution in [0.3, 0.4) is 0 Å². The van der Waals surface area contributed by atoms with Crippen molar-refractivity contribution in [1.29, 1.82) is 0 Å². The zero-order valence-corrected chi connectivity index (χ0v) is 9.42. The van der Waals surface area contributed by atoms with Crippen LogP contribution in [0.25, 0.3) is 0 Å². The molecule has 0 saturated carbocycles. The normalized spacial score (nSPS) is 12.2. The van der Waals surface area contributed by atoms with Crippen molar-refractivity contribution in [2.24, 2.45) is 5.73 Å². The molecule has 0 aliphatic carbocycles. The molecule has 1 amide bonds. The molecule has 0 heterocycles. The van der Waals surface area contributed by atoms with Gasteiger partial charge in [-0.15, -0.1) is 0 Å². The number of halogens is 1. The number of carbonyl (C=O) groups is 1. The zero-order chi connectivity index (χ0) is 11.3. The summed E-state index contributed by atoms with van der Waals surface area (Å²) in [5.74, 6) is -0.0510. The van der Waals surface area contributed by atoms with Crippen LogP contribution in [0.15, 0.2) is 24.3 Å². The van der Waals surface area contributed by atoms with Gasteiger partial charge in [0.25, 0.3) is 0 Å². The number of carbonyl (C=O) groups excluding carboxylic acids is 1. The highest BCUT2D eigenvalue weighted by molar-refractivity contribution is 6.31. The molecule has 0 aromatic heterocycles. The quantitative estimate of drug-likeness (QED) is 0.824. The Bertz CT molecular complexity index is 341. The summed E-state index contributed by atoms with van der Waals surface area (Å²) in [4.78, 5) is 11.3. The Hall–Kier alpha value is -1.06. The lowest BCUT2D eigenvalue weighted by molar-refractivity contribution is -0.121. The molecular formula is C11H15ClN2O. The molecule has 0 unspecified atom stereocenters. The second-order valence-corrected chi connectivity index (χ2v) is 3.76. The predicted molar refractivity (Wildman–Crippen MR) is 61.7 cm³/mol. The molecular weight excluding hydrogens is 212 g/mol. The van der Waals surface area contributed by atoms with Gasteiger partial charge in [-0.05, 0) is 18.6 Å². The molecule has 1 aromatic carbocycles. The van der Waals surface area contributed by atoms with Crippen LogP contribution < -0.4 is 11.1 Å². The molecule has 0 bridgehead atoms.